The molecule has 0 saturated carbocycles. The number of thiazole rings is 1. The standard InChI is InChI=1S/C26H21FN6O5S/c27-18-8-17(12-28)9-19(11-18)32-15-23(35)33(26(32)38)14-21(34)31-20(10-16-4-2-1-3-5-16)24(36)25(37)30-13-22-29-6-7-39-22/h1-9,11,20H,10,13-15H2,(H,30,37)(H,31,34)/t20-/m1/s1. The van der Waals surface area contributed by atoms with Crippen LogP contribution in [0.25, 0.3) is 0 Å². The number of urea groups is 1. The van der Waals surface area contributed by atoms with Gasteiger partial charge >= 0.3 is 6.03 Å². The minimum absolute atomic E-state index is 0.00959. The number of hydrogen-bond acceptors (Lipinski definition) is 8. The van der Waals surface area contributed by atoms with Crippen molar-refractivity contribution in [3.63, 3.8) is 0 Å². The smallest absolute Gasteiger partial charge is 0.332 e. The van der Waals surface area contributed by atoms with E-state index in [-0.39, 0.29) is 24.2 Å². The second kappa shape index (κ2) is 12.1. The number of amides is 5. The molecular formula is C26H21FN6O5S. The van der Waals surface area contributed by atoms with Crippen LogP contribution in [0.4, 0.5) is 14.9 Å². The Kier molecular flexibility index (Phi) is 8.37. The molecule has 3 aromatic rings. The minimum atomic E-state index is -1.28. The summed E-state index contributed by atoms with van der Waals surface area (Å²) < 4.78 is 13.9. The molecule has 0 bridgehead atoms. The highest BCUT2D eigenvalue weighted by atomic mass is 32.1. The van der Waals surface area contributed by atoms with Crippen molar-refractivity contribution in [2.24, 2.45) is 0 Å². The molecule has 1 aromatic heterocycles. The summed E-state index contributed by atoms with van der Waals surface area (Å²) in [6, 6.07) is 11.5. The van der Waals surface area contributed by atoms with Crippen LogP contribution in [0.5, 0.6) is 0 Å². The zero-order valence-electron chi connectivity index (χ0n) is 20.3. The van der Waals surface area contributed by atoms with Crippen LogP contribution in [-0.4, -0.2) is 58.6 Å². The van der Waals surface area contributed by atoms with Crippen molar-refractivity contribution in [2.75, 3.05) is 18.0 Å². The van der Waals surface area contributed by atoms with Gasteiger partial charge in [0.05, 0.1) is 23.9 Å². The Bertz CT molecular complexity index is 1460. The first-order valence-electron chi connectivity index (χ1n) is 11.6. The summed E-state index contributed by atoms with van der Waals surface area (Å²) in [6.45, 7) is -1.16. The van der Waals surface area contributed by atoms with Crippen LogP contribution in [0.15, 0.2) is 60.1 Å². The maximum absolute atomic E-state index is 13.9. The van der Waals surface area contributed by atoms with Gasteiger partial charge in [0.2, 0.25) is 11.7 Å². The van der Waals surface area contributed by atoms with Gasteiger partial charge in [-0.15, -0.1) is 11.3 Å². The molecule has 0 aliphatic carbocycles. The summed E-state index contributed by atoms with van der Waals surface area (Å²) >= 11 is 1.30. The van der Waals surface area contributed by atoms with Crippen molar-refractivity contribution in [1.29, 1.82) is 5.26 Å². The average Bonchev–Trinajstić information content (AvgIpc) is 3.55. The van der Waals surface area contributed by atoms with Crippen LogP contribution in [-0.2, 0) is 32.1 Å². The van der Waals surface area contributed by atoms with Crippen molar-refractivity contribution < 1.29 is 28.4 Å². The number of nitrogens with one attached hydrogen (secondary N) is 2. The van der Waals surface area contributed by atoms with E-state index in [1.807, 2.05) is 0 Å². The third-order valence-corrected chi connectivity index (χ3v) is 6.50. The van der Waals surface area contributed by atoms with Gasteiger partial charge in [0.1, 0.15) is 30.0 Å². The number of aromatic nitrogens is 1. The first-order valence-corrected chi connectivity index (χ1v) is 12.5. The van der Waals surface area contributed by atoms with Crippen molar-refractivity contribution in [3.05, 3.63) is 82.1 Å². The minimum Gasteiger partial charge on any atom is -0.344 e. The van der Waals surface area contributed by atoms with E-state index in [0.29, 0.717) is 15.5 Å². The Morgan fingerprint density at radius 2 is 1.92 bits per heavy atom. The van der Waals surface area contributed by atoms with Crippen LogP contribution in [0.2, 0.25) is 0 Å². The summed E-state index contributed by atoms with van der Waals surface area (Å²) in [4.78, 5) is 69.5. The molecule has 0 spiro atoms. The topological polar surface area (TPSA) is 153 Å². The molecule has 13 heteroatoms. The molecule has 2 aromatic carbocycles. The molecule has 1 atom stereocenters. The lowest BCUT2D eigenvalue weighted by Crippen LogP contribution is -2.51. The monoisotopic (exact) mass is 548 g/mol. The van der Waals surface area contributed by atoms with E-state index in [1.165, 1.54) is 17.4 Å². The number of imide groups is 1. The van der Waals surface area contributed by atoms with Crippen LogP contribution >= 0.6 is 11.3 Å². The van der Waals surface area contributed by atoms with Crippen molar-refractivity contribution in [1.82, 2.24) is 20.5 Å². The molecule has 0 radical (unpaired) electrons. The van der Waals surface area contributed by atoms with E-state index in [4.69, 9.17) is 5.26 Å². The SMILES string of the molecule is N#Cc1cc(F)cc(N2CC(=O)N(CC(=O)N[C@H](Cc3ccccc3)C(=O)C(=O)NCc3nccs3)C2=O)c1. The largest absolute Gasteiger partial charge is 0.344 e. The Hall–Kier alpha value is -4.96. The van der Waals surface area contributed by atoms with Crippen LogP contribution in [0, 0.1) is 17.1 Å². The fourth-order valence-electron chi connectivity index (χ4n) is 3.88. The van der Waals surface area contributed by atoms with Crippen molar-refractivity contribution in [3.8, 4) is 6.07 Å². The average molecular weight is 549 g/mol. The molecule has 198 valence electrons. The number of nitrogens with zero attached hydrogens (tertiary/aromatic N) is 4. The van der Waals surface area contributed by atoms with E-state index >= 15 is 0 Å². The number of nitriles is 1. The molecule has 11 nitrogen and oxygen atoms in total. The number of Topliss-reactive ketones (excluding diaryl/α,β-unsaturated/α-hetero) is 1. The quantitative estimate of drug-likeness (QED) is 0.288. The highest BCUT2D eigenvalue weighted by Crippen LogP contribution is 2.23. The van der Waals surface area contributed by atoms with Gasteiger partial charge in [0.25, 0.3) is 11.8 Å². The number of anilines is 1. The molecular weight excluding hydrogens is 527 g/mol. The lowest BCUT2D eigenvalue weighted by molar-refractivity contribution is -0.140. The molecule has 2 N–H and O–H groups in total. The van der Waals surface area contributed by atoms with E-state index < -0.39 is 54.5 Å². The lowest BCUT2D eigenvalue weighted by atomic mass is 10.0. The second-order valence-corrected chi connectivity index (χ2v) is 9.42. The fourth-order valence-corrected chi connectivity index (χ4v) is 4.43. The molecule has 1 aliphatic rings. The summed E-state index contributed by atoms with van der Waals surface area (Å²) in [5.74, 6) is -4.18. The molecule has 4 rings (SSSR count). The molecule has 2 heterocycles. The van der Waals surface area contributed by atoms with Gasteiger partial charge in [0.15, 0.2) is 0 Å². The maximum atomic E-state index is 13.9. The van der Waals surface area contributed by atoms with Crippen LogP contribution < -0.4 is 15.5 Å². The Morgan fingerprint density at radius 1 is 1.15 bits per heavy atom. The molecule has 39 heavy (non-hydrogen) atoms. The number of halogens is 1. The third kappa shape index (κ3) is 6.68. The first kappa shape index (κ1) is 27.1. The number of ketones is 1. The van der Waals surface area contributed by atoms with Gasteiger partial charge in [-0.05, 0) is 23.8 Å². The molecule has 5 amide bonds. The fraction of sp³-hybridized carbons (Fsp3) is 0.192. The molecule has 1 aliphatic heterocycles. The number of carbonyl (C=O) groups excluding carboxylic acids is 5. The Balaban J connectivity index is 1.45. The summed E-state index contributed by atoms with van der Waals surface area (Å²) in [5, 5.41) is 16.3. The lowest BCUT2D eigenvalue weighted by Gasteiger charge is -2.20. The molecule has 1 saturated heterocycles. The highest BCUT2D eigenvalue weighted by Gasteiger charge is 2.39. The normalized spacial score (nSPS) is 13.6. The van der Waals surface area contributed by atoms with Gasteiger partial charge in [-0.1, -0.05) is 30.3 Å². The Morgan fingerprint density at radius 3 is 2.62 bits per heavy atom. The van der Waals surface area contributed by atoms with E-state index in [9.17, 15) is 28.4 Å². The van der Waals surface area contributed by atoms with Gasteiger partial charge in [-0.2, -0.15) is 5.26 Å². The van der Waals surface area contributed by atoms with Crippen molar-refractivity contribution >= 4 is 46.6 Å². The van der Waals surface area contributed by atoms with Crippen LogP contribution in [0.3, 0.4) is 0 Å². The van der Waals surface area contributed by atoms with Gasteiger partial charge in [-0.3, -0.25) is 29.0 Å². The zero-order valence-corrected chi connectivity index (χ0v) is 21.1. The third-order valence-electron chi connectivity index (χ3n) is 5.72. The summed E-state index contributed by atoms with van der Waals surface area (Å²) in [6.07, 6.45) is 1.55. The number of benzene rings is 2. The summed E-state index contributed by atoms with van der Waals surface area (Å²) in [5.41, 5.74) is 0.612. The second-order valence-electron chi connectivity index (χ2n) is 8.44. The summed E-state index contributed by atoms with van der Waals surface area (Å²) in [7, 11) is 0. The zero-order chi connectivity index (χ0) is 27.9. The number of rotatable bonds is 10. The molecule has 1 fully saturated rings. The van der Waals surface area contributed by atoms with Gasteiger partial charge < -0.3 is 10.6 Å². The highest BCUT2D eigenvalue weighted by molar-refractivity contribution is 7.09. The van der Waals surface area contributed by atoms with Crippen molar-refractivity contribution in [2.45, 2.75) is 19.0 Å². The van der Waals surface area contributed by atoms with E-state index in [1.54, 1.807) is 48.0 Å². The van der Waals surface area contributed by atoms with Gasteiger partial charge in [-0.25, -0.2) is 14.2 Å². The van der Waals surface area contributed by atoms with E-state index in [0.717, 1.165) is 17.0 Å². The van der Waals surface area contributed by atoms with Crippen LogP contribution in [0.1, 0.15) is 16.1 Å². The predicted molar refractivity (Wildman–Crippen MR) is 137 cm³/mol. The maximum Gasteiger partial charge on any atom is 0.332 e. The number of hydrogen-bond donors (Lipinski definition) is 2. The predicted octanol–water partition coefficient (Wildman–Crippen LogP) is 1.54. The number of carbonyl (C=O) groups is 5. The van der Waals surface area contributed by atoms with E-state index in [2.05, 4.69) is 15.6 Å². The molecule has 0 unspecified atom stereocenters. The Labute approximate surface area is 225 Å². The van der Waals surface area contributed by atoms with Gasteiger partial charge in [0, 0.05) is 18.0 Å². The first-order chi connectivity index (χ1) is 18.7.